The summed E-state index contributed by atoms with van der Waals surface area (Å²) in [7, 11) is 0. The van der Waals surface area contributed by atoms with E-state index in [2.05, 4.69) is 133 Å². The van der Waals surface area contributed by atoms with Gasteiger partial charge in [-0.05, 0) is 63.7 Å². The first-order valence-corrected chi connectivity index (χ1v) is 16.1. The van der Waals surface area contributed by atoms with Crippen molar-refractivity contribution in [2.45, 2.75) is 0 Å². The lowest BCUT2D eigenvalue weighted by Crippen LogP contribution is -1.99. The molecular formula is C39H23N3S2. The van der Waals surface area contributed by atoms with Crippen molar-refractivity contribution < 1.29 is 0 Å². The van der Waals surface area contributed by atoms with Gasteiger partial charge in [0.2, 0.25) is 0 Å². The van der Waals surface area contributed by atoms with Crippen molar-refractivity contribution >= 4 is 63.7 Å². The van der Waals surface area contributed by atoms with E-state index in [4.69, 9.17) is 15.0 Å². The van der Waals surface area contributed by atoms with Crippen LogP contribution < -0.4 is 0 Å². The van der Waals surface area contributed by atoms with Gasteiger partial charge in [-0.3, -0.25) is 0 Å². The second kappa shape index (κ2) is 10.2. The highest BCUT2D eigenvalue weighted by molar-refractivity contribution is 7.25. The molecule has 9 aromatic rings. The van der Waals surface area contributed by atoms with Gasteiger partial charge in [-0.2, -0.15) is 0 Å². The quantitative estimate of drug-likeness (QED) is 0.203. The van der Waals surface area contributed by atoms with Crippen LogP contribution in [0.2, 0.25) is 0 Å². The average molecular weight is 598 g/mol. The SMILES string of the molecule is c1ccc(-c2ccc3cc(-c4nc(-c5ccc6c(c5)sc5ccccc56)nc(-c5cc6ccccc6s5)n4)ccc3c2)cc1. The van der Waals surface area contributed by atoms with E-state index in [0.29, 0.717) is 17.5 Å². The van der Waals surface area contributed by atoms with E-state index in [1.807, 2.05) is 6.07 Å². The van der Waals surface area contributed by atoms with Crippen LogP contribution in [-0.4, -0.2) is 15.0 Å². The maximum absolute atomic E-state index is 5.07. The number of aromatic nitrogens is 3. The summed E-state index contributed by atoms with van der Waals surface area (Å²) in [6.45, 7) is 0. The van der Waals surface area contributed by atoms with Gasteiger partial charge in [0.25, 0.3) is 0 Å². The van der Waals surface area contributed by atoms with Gasteiger partial charge >= 0.3 is 0 Å². The Morgan fingerprint density at radius 1 is 0.341 bits per heavy atom. The second-order valence-corrected chi connectivity index (χ2v) is 13.1. The lowest BCUT2D eigenvalue weighted by Gasteiger charge is -2.09. The maximum atomic E-state index is 5.07. The highest BCUT2D eigenvalue weighted by Crippen LogP contribution is 2.38. The molecule has 44 heavy (non-hydrogen) atoms. The molecule has 0 radical (unpaired) electrons. The van der Waals surface area contributed by atoms with Crippen molar-refractivity contribution in [2.75, 3.05) is 0 Å². The molecule has 0 fully saturated rings. The molecule has 0 unspecified atom stereocenters. The fraction of sp³-hybridized carbons (Fsp3) is 0. The zero-order valence-corrected chi connectivity index (χ0v) is 25.1. The standard InChI is InChI=1S/C39H23N3S2/c1-2-8-24(9-3-1)25-14-15-27-21-29(17-16-26(27)20-25)37-40-38(42-39(41-37)36-22-28-10-4-6-12-33(28)43-36)30-18-19-32-31-11-5-7-13-34(31)44-35(32)23-30/h1-23H. The topological polar surface area (TPSA) is 38.7 Å². The molecule has 0 bridgehead atoms. The van der Waals surface area contributed by atoms with Crippen LogP contribution in [0.3, 0.4) is 0 Å². The Balaban J connectivity index is 1.20. The summed E-state index contributed by atoms with van der Waals surface area (Å²) in [5, 5.41) is 6.08. The monoisotopic (exact) mass is 597 g/mol. The Labute approximate surface area is 261 Å². The molecule has 0 N–H and O–H groups in total. The van der Waals surface area contributed by atoms with Gasteiger partial charge in [-0.15, -0.1) is 22.7 Å². The van der Waals surface area contributed by atoms with Crippen LogP contribution in [0.15, 0.2) is 140 Å². The number of nitrogens with zero attached hydrogens (tertiary/aromatic N) is 3. The minimum Gasteiger partial charge on any atom is -0.208 e. The van der Waals surface area contributed by atoms with E-state index in [1.165, 1.54) is 46.8 Å². The van der Waals surface area contributed by atoms with Crippen LogP contribution in [0, 0.1) is 0 Å². The summed E-state index contributed by atoms with van der Waals surface area (Å²) in [6, 6.07) is 49.3. The zero-order valence-electron chi connectivity index (χ0n) is 23.4. The Kier molecular flexibility index (Phi) is 5.86. The molecule has 0 aliphatic heterocycles. The largest absolute Gasteiger partial charge is 0.208 e. The first kappa shape index (κ1) is 25.3. The summed E-state index contributed by atoms with van der Waals surface area (Å²) in [5.74, 6) is 2.05. The van der Waals surface area contributed by atoms with Gasteiger partial charge < -0.3 is 0 Å². The van der Waals surface area contributed by atoms with Crippen molar-refractivity contribution in [2.24, 2.45) is 0 Å². The fourth-order valence-corrected chi connectivity index (χ4v) is 8.04. The van der Waals surface area contributed by atoms with Gasteiger partial charge in [0.05, 0.1) is 4.88 Å². The Hall–Kier alpha value is -5.23. The summed E-state index contributed by atoms with van der Waals surface area (Å²) in [4.78, 5) is 16.2. The molecule has 0 atom stereocenters. The fourth-order valence-electron chi connectivity index (χ4n) is 5.90. The number of thiophene rings is 2. The summed E-state index contributed by atoms with van der Waals surface area (Å²) >= 11 is 3.52. The Morgan fingerprint density at radius 2 is 0.955 bits per heavy atom. The minimum absolute atomic E-state index is 0.674. The van der Waals surface area contributed by atoms with Crippen molar-refractivity contribution in [1.29, 1.82) is 0 Å². The number of hydrogen-bond donors (Lipinski definition) is 0. The van der Waals surface area contributed by atoms with E-state index in [1.54, 1.807) is 22.7 Å². The van der Waals surface area contributed by atoms with Crippen molar-refractivity contribution in [3.05, 3.63) is 140 Å². The smallest absolute Gasteiger partial charge is 0.174 e. The molecule has 0 aliphatic carbocycles. The molecule has 206 valence electrons. The minimum atomic E-state index is 0.674. The van der Waals surface area contributed by atoms with Crippen LogP contribution in [0.1, 0.15) is 0 Å². The van der Waals surface area contributed by atoms with Gasteiger partial charge in [0.15, 0.2) is 17.5 Å². The van der Waals surface area contributed by atoms with E-state index in [9.17, 15) is 0 Å². The van der Waals surface area contributed by atoms with Gasteiger partial charge in [0, 0.05) is 36.0 Å². The predicted molar refractivity (Wildman–Crippen MR) is 187 cm³/mol. The van der Waals surface area contributed by atoms with Crippen LogP contribution in [0.4, 0.5) is 0 Å². The maximum Gasteiger partial charge on any atom is 0.174 e. The summed E-state index contributed by atoms with van der Waals surface area (Å²) < 4.78 is 3.74. The van der Waals surface area contributed by atoms with E-state index in [0.717, 1.165) is 21.4 Å². The summed E-state index contributed by atoms with van der Waals surface area (Å²) in [5.41, 5.74) is 4.38. The molecule has 0 saturated heterocycles. The van der Waals surface area contributed by atoms with Crippen LogP contribution in [0.5, 0.6) is 0 Å². The molecule has 3 heterocycles. The lowest BCUT2D eigenvalue weighted by atomic mass is 10.00. The van der Waals surface area contributed by atoms with Gasteiger partial charge in [-0.25, -0.2) is 15.0 Å². The molecule has 3 aromatic heterocycles. The molecule has 0 spiro atoms. The number of benzene rings is 6. The van der Waals surface area contributed by atoms with Crippen LogP contribution in [-0.2, 0) is 0 Å². The lowest BCUT2D eigenvalue weighted by molar-refractivity contribution is 1.08. The summed E-state index contributed by atoms with van der Waals surface area (Å²) in [6.07, 6.45) is 0. The normalized spacial score (nSPS) is 11.6. The molecule has 9 rings (SSSR count). The molecule has 3 nitrogen and oxygen atoms in total. The molecule has 6 aromatic carbocycles. The van der Waals surface area contributed by atoms with Crippen LogP contribution in [0.25, 0.3) is 85.6 Å². The van der Waals surface area contributed by atoms with E-state index in [-0.39, 0.29) is 0 Å². The van der Waals surface area contributed by atoms with Crippen LogP contribution >= 0.6 is 22.7 Å². The number of fused-ring (bicyclic) bond motifs is 5. The van der Waals surface area contributed by atoms with E-state index < -0.39 is 0 Å². The second-order valence-electron chi connectivity index (χ2n) is 10.9. The molecule has 0 aliphatic rings. The van der Waals surface area contributed by atoms with Gasteiger partial charge in [-0.1, -0.05) is 103 Å². The highest BCUT2D eigenvalue weighted by atomic mass is 32.1. The third-order valence-corrected chi connectivity index (χ3v) is 10.4. The predicted octanol–water partition coefficient (Wildman–Crippen LogP) is 11.3. The first-order chi connectivity index (χ1) is 21.7. The van der Waals surface area contributed by atoms with Crippen molar-refractivity contribution in [3.63, 3.8) is 0 Å². The highest BCUT2D eigenvalue weighted by Gasteiger charge is 2.16. The number of hydrogen-bond acceptors (Lipinski definition) is 5. The molecule has 0 amide bonds. The van der Waals surface area contributed by atoms with E-state index >= 15 is 0 Å². The molecule has 0 saturated carbocycles. The average Bonchev–Trinajstić information content (AvgIpc) is 3.69. The third kappa shape index (κ3) is 4.37. The van der Waals surface area contributed by atoms with Crippen molar-refractivity contribution in [3.8, 4) is 44.6 Å². The Morgan fingerprint density at radius 3 is 1.77 bits per heavy atom. The van der Waals surface area contributed by atoms with Gasteiger partial charge in [0.1, 0.15) is 0 Å². The third-order valence-electron chi connectivity index (χ3n) is 8.12. The molecule has 5 heteroatoms. The molecular weight excluding hydrogens is 575 g/mol. The number of rotatable bonds is 4. The Bertz CT molecular complexity index is 2480. The zero-order chi connectivity index (χ0) is 29.0. The van der Waals surface area contributed by atoms with Crippen molar-refractivity contribution in [1.82, 2.24) is 15.0 Å². The first-order valence-electron chi connectivity index (χ1n) is 14.5.